The number of aromatic nitrogens is 1. The maximum atomic E-state index is 11.0. The number of hydrogen-bond donors (Lipinski definition) is 2. The standard InChI is InChI=1S/C12H15ClN2O2/c1-7(6-8-2-3-8)14-11-9(12(16)17)4-5-10(13)15-11/h4-5,7-8H,2-3,6H2,1H3,(H,14,15)(H,16,17). The number of carbonyl (C=O) groups is 1. The highest BCUT2D eigenvalue weighted by molar-refractivity contribution is 6.29. The van der Waals surface area contributed by atoms with E-state index in [4.69, 9.17) is 16.7 Å². The van der Waals surface area contributed by atoms with Crippen LogP contribution in [0.5, 0.6) is 0 Å². The average molecular weight is 255 g/mol. The Hall–Kier alpha value is -1.29. The van der Waals surface area contributed by atoms with E-state index in [2.05, 4.69) is 10.3 Å². The van der Waals surface area contributed by atoms with E-state index in [1.807, 2.05) is 6.92 Å². The van der Waals surface area contributed by atoms with Gasteiger partial charge in [0.05, 0.1) is 0 Å². The van der Waals surface area contributed by atoms with Gasteiger partial charge in [-0.3, -0.25) is 0 Å². The van der Waals surface area contributed by atoms with Crippen LogP contribution >= 0.6 is 11.6 Å². The molecule has 1 aliphatic carbocycles. The van der Waals surface area contributed by atoms with Crippen LogP contribution in [0.25, 0.3) is 0 Å². The van der Waals surface area contributed by atoms with Crippen LogP contribution in [-0.2, 0) is 0 Å². The smallest absolute Gasteiger partial charge is 0.339 e. The third-order valence-corrected chi connectivity index (χ3v) is 3.07. The van der Waals surface area contributed by atoms with Gasteiger partial charge in [0.15, 0.2) is 0 Å². The number of pyridine rings is 1. The van der Waals surface area contributed by atoms with E-state index in [1.54, 1.807) is 0 Å². The molecule has 1 aromatic rings. The molecule has 1 atom stereocenters. The molecule has 1 aliphatic rings. The maximum Gasteiger partial charge on any atom is 0.339 e. The summed E-state index contributed by atoms with van der Waals surface area (Å²) in [4.78, 5) is 15.1. The lowest BCUT2D eigenvalue weighted by Crippen LogP contribution is -2.19. The Kier molecular flexibility index (Phi) is 3.52. The van der Waals surface area contributed by atoms with E-state index in [0.717, 1.165) is 12.3 Å². The van der Waals surface area contributed by atoms with Crippen molar-refractivity contribution in [3.05, 3.63) is 22.8 Å². The molecule has 0 aromatic carbocycles. The van der Waals surface area contributed by atoms with E-state index in [-0.39, 0.29) is 11.6 Å². The Balaban J connectivity index is 2.11. The molecular weight excluding hydrogens is 240 g/mol. The van der Waals surface area contributed by atoms with Gasteiger partial charge in [0.1, 0.15) is 16.5 Å². The molecule has 0 saturated heterocycles. The molecule has 1 saturated carbocycles. The van der Waals surface area contributed by atoms with E-state index in [9.17, 15) is 4.79 Å². The summed E-state index contributed by atoms with van der Waals surface area (Å²) in [5, 5.41) is 12.5. The van der Waals surface area contributed by atoms with Gasteiger partial charge in [-0.25, -0.2) is 9.78 Å². The van der Waals surface area contributed by atoms with E-state index in [1.165, 1.54) is 25.0 Å². The predicted octanol–water partition coefficient (Wildman–Crippen LogP) is 3.03. The largest absolute Gasteiger partial charge is 0.478 e. The van der Waals surface area contributed by atoms with Gasteiger partial charge in [0, 0.05) is 6.04 Å². The van der Waals surface area contributed by atoms with E-state index in [0.29, 0.717) is 11.0 Å². The van der Waals surface area contributed by atoms with Gasteiger partial charge in [0.25, 0.3) is 0 Å². The molecule has 0 spiro atoms. The first kappa shape index (κ1) is 12.2. The van der Waals surface area contributed by atoms with Gasteiger partial charge in [-0.1, -0.05) is 24.4 Å². The number of carboxylic acids is 1. The number of nitrogens with one attached hydrogen (secondary N) is 1. The van der Waals surface area contributed by atoms with Crippen LogP contribution in [0.15, 0.2) is 12.1 Å². The van der Waals surface area contributed by atoms with Crippen molar-refractivity contribution in [1.29, 1.82) is 0 Å². The number of rotatable bonds is 5. The number of hydrogen-bond acceptors (Lipinski definition) is 3. The fourth-order valence-corrected chi connectivity index (χ4v) is 2.01. The van der Waals surface area contributed by atoms with Crippen LogP contribution < -0.4 is 5.32 Å². The first-order valence-corrected chi connectivity index (χ1v) is 6.10. The summed E-state index contributed by atoms with van der Waals surface area (Å²) in [5.74, 6) is 0.151. The fraction of sp³-hybridized carbons (Fsp3) is 0.500. The molecule has 0 radical (unpaired) electrons. The van der Waals surface area contributed by atoms with Gasteiger partial charge in [-0.2, -0.15) is 0 Å². The molecular formula is C12H15ClN2O2. The zero-order chi connectivity index (χ0) is 12.4. The maximum absolute atomic E-state index is 11.0. The van der Waals surface area contributed by atoms with Gasteiger partial charge in [-0.15, -0.1) is 0 Å². The minimum atomic E-state index is -0.990. The lowest BCUT2D eigenvalue weighted by Gasteiger charge is -2.15. The second kappa shape index (κ2) is 4.92. The molecule has 2 N–H and O–H groups in total. The minimum absolute atomic E-state index is 0.164. The van der Waals surface area contributed by atoms with Crippen molar-refractivity contribution < 1.29 is 9.90 Å². The van der Waals surface area contributed by atoms with Crippen molar-refractivity contribution in [3.63, 3.8) is 0 Å². The summed E-state index contributed by atoms with van der Waals surface area (Å²) in [6, 6.07) is 3.18. The molecule has 0 bridgehead atoms. The minimum Gasteiger partial charge on any atom is -0.478 e. The van der Waals surface area contributed by atoms with Gasteiger partial charge >= 0.3 is 5.97 Å². The number of halogens is 1. The monoisotopic (exact) mass is 254 g/mol. The summed E-state index contributed by atoms with van der Waals surface area (Å²) in [5.41, 5.74) is 0.164. The Morgan fingerprint density at radius 1 is 1.65 bits per heavy atom. The van der Waals surface area contributed by atoms with Crippen molar-refractivity contribution in [2.24, 2.45) is 5.92 Å². The fourth-order valence-electron chi connectivity index (χ4n) is 1.86. The summed E-state index contributed by atoms with van der Waals surface area (Å²) >= 11 is 5.78. The summed E-state index contributed by atoms with van der Waals surface area (Å²) in [7, 11) is 0. The summed E-state index contributed by atoms with van der Waals surface area (Å²) in [6.45, 7) is 2.03. The second-order valence-electron chi connectivity index (χ2n) is 4.56. The van der Waals surface area contributed by atoms with Crippen molar-refractivity contribution in [3.8, 4) is 0 Å². The zero-order valence-electron chi connectivity index (χ0n) is 9.61. The van der Waals surface area contributed by atoms with Crippen molar-refractivity contribution in [2.45, 2.75) is 32.2 Å². The van der Waals surface area contributed by atoms with E-state index >= 15 is 0 Å². The Bertz CT molecular complexity index is 433. The number of aromatic carboxylic acids is 1. The van der Waals surface area contributed by atoms with Crippen LogP contribution in [0.1, 0.15) is 36.5 Å². The normalized spacial score (nSPS) is 16.6. The molecule has 1 aromatic heterocycles. The first-order chi connectivity index (χ1) is 8.06. The Labute approximate surface area is 105 Å². The molecule has 1 heterocycles. The number of anilines is 1. The van der Waals surface area contributed by atoms with Crippen LogP contribution in [0.3, 0.4) is 0 Å². The van der Waals surface area contributed by atoms with Crippen molar-refractivity contribution in [1.82, 2.24) is 4.98 Å². The predicted molar refractivity (Wildman–Crippen MR) is 66.6 cm³/mol. The lowest BCUT2D eigenvalue weighted by atomic mass is 10.1. The molecule has 4 nitrogen and oxygen atoms in total. The van der Waals surface area contributed by atoms with Crippen molar-refractivity contribution >= 4 is 23.4 Å². The highest BCUT2D eigenvalue weighted by Gasteiger charge is 2.24. The summed E-state index contributed by atoms with van der Waals surface area (Å²) in [6.07, 6.45) is 3.61. The molecule has 1 fully saturated rings. The Morgan fingerprint density at radius 3 is 2.94 bits per heavy atom. The number of carboxylic acid groups (broad SMARTS) is 1. The quantitative estimate of drug-likeness (QED) is 0.793. The third kappa shape index (κ3) is 3.33. The molecule has 5 heteroatoms. The first-order valence-electron chi connectivity index (χ1n) is 5.72. The average Bonchev–Trinajstić information content (AvgIpc) is 3.00. The van der Waals surface area contributed by atoms with Crippen LogP contribution in [0.4, 0.5) is 5.82 Å². The Morgan fingerprint density at radius 2 is 2.35 bits per heavy atom. The molecule has 92 valence electrons. The van der Waals surface area contributed by atoms with Crippen molar-refractivity contribution in [2.75, 3.05) is 5.32 Å². The van der Waals surface area contributed by atoms with Gasteiger partial charge in [0.2, 0.25) is 0 Å². The van der Waals surface area contributed by atoms with Gasteiger partial charge < -0.3 is 10.4 Å². The van der Waals surface area contributed by atoms with Gasteiger partial charge in [-0.05, 0) is 31.4 Å². The zero-order valence-corrected chi connectivity index (χ0v) is 10.4. The lowest BCUT2D eigenvalue weighted by molar-refractivity contribution is 0.0697. The van der Waals surface area contributed by atoms with Crippen LogP contribution in [0, 0.1) is 5.92 Å². The molecule has 0 aliphatic heterocycles. The molecule has 2 rings (SSSR count). The highest BCUT2D eigenvalue weighted by Crippen LogP contribution is 2.34. The topological polar surface area (TPSA) is 62.2 Å². The second-order valence-corrected chi connectivity index (χ2v) is 4.95. The highest BCUT2D eigenvalue weighted by atomic mass is 35.5. The number of nitrogens with zero attached hydrogens (tertiary/aromatic N) is 1. The SMILES string of the molecule is CC(CC1CC1)Nc1nc(Cl)ccc1C(=O)O. The molecule has 17 heavy (non-hydrogen) atoms. The van der Waals surface area contributed by atoms with E-state index < -0.39 is 5.97 Å². The molecule has 0 amide bonds. The van der Waals surface area contributed by atoms with Crippen LogP contribution in [-0.4, -0.2) is 22.1 Å². The summed E-state index contributed by atoms with van der Waals surface area (Å²) < 4.78 is 0. The third-order valence-electron chi connectivity index (χ3n) is 2.86. The molecule has 1 unspecified atom stereocenters. The van der Waals surface area contributed by atoms with Crippen LogP contribution in [0.2, 0.25) is 5.15 Å².